The summed E-state index contributed by atoms with van der Waals surface area (Å²) in [5.74, 6) is 9.92. The number of rotatable bonds is 4. The van der Waals surface area contributed by atoms with Crippen LogP contribution in [0.25, 0.3) is 0 Å². The van der Waals surface area contributed by atoms with Gasteiger partial charge in [0.25, 0.3) is 0 Å². The third kappa shape index (κ3) is 3.61. The molecule has 0 aliphatic heterocycles. The highest BCUT2D eigenvalue weighted by atomic mass is 16.1. The van der Waals surface area contributed by atoms with Gasteiger partial charge in [-0.2, -0.15) is 5.10 Å². The van der Waals surface area contributed by atoms with E-state index in [1.54, 1.807) is 6.20 Å². The largest absolute Gasteiger partial charge is 0.297 e. The summed E-state index contributed by atoms with van der Waals surface area (Å²) in [5, 5.41) is 4.43. The van der Waals surface area contributed by atoms with Gasteiger partial charge in [0, 0.05) is 12.1 Å². The second-order valence-corrected chi connectivity index (χ2v) is 13.1. The molecule has 0 N–H and O–H groups in total. The molecule has 0 saturated heterocycles. The van der Waals surface area contributed by atoms with E-state index in [-0.39, 0.29) is 11.3 Å². The van der Waals surface area contributed by atoms with E-state index >= 15 is 0 Å². The summed E-state index contributed by atoms with van der Waals surface area (Å²) >= 11 is 0. The minimum Gasteiger partial charge on any atom is -0.297 e. The van der Waals surface area contributed by atoms with Crippen LogP contribution < -0.4 is 0 Å². The lowest BCUT2D eigenvalue weighted by Gasteiger charge is -2.63. The highest BCUT2D eigenvalue weighted by molar-refractivity contribution is 5.82. The third-order valence-electron chi connectivity index (χ3n) is 11.8. The lowest BCUT2D eigenvalue weighted by Crippen LogP contribution is -2.56. The van der Waals surface area contributed by atoms with E-state index in [0.29, 0.717) is 23.2 Å². The topological polar surface area (TPSA) is 34.9 Å². The van der Waals surface area contributed by atoms with Crippen molar-refractivity contribution < 1.29 is 4.79 Å². The Bertz CT molecular complexity index is 983. The Balaban J connectivity index is 1.38. The highest BCUT2D eigenvalue weighted by Gasteiger charge is 2.63. The van der Waals surface area contributed by atoms with Crippen LogP contribution in [0.15, 0.2) is 12.4 Å². The number of ketones is 1. The maximum atomic E-state index is 13.7. The van der Waals surface area contributed by atoms with Crippen LogP contribution in [0.3, 0.4) is 0 Å². The van der Waals surface area contributed by atoms with E-state index in [4.69, 9.17) is 0 Å². The first-order valence-corrected chi connectivity index (χ1v) is 14.2. The van der Waals surface area contributed by atoms with Gasteiger partial charge in [-0.25, -0.2) is 0 Å². The summed E-state index contributed by atoms with van der Waals surface area (Å²) in [6.07, 6.45) is 18.3. The Morgan fingerprint density at radius 3 is 2.71 bits per heavy atom. The number of nitrogens with zero attached hydrogens (tertiary/aromatic N) is 2. The van der Waals surface area contributed by atoms with Crippen molar-refractivity contribution in [2.75, 3.05) is 0 Å². The molecule has 3 nitrogen and oxygen atoms in total. The molecule has 4 aliphatic carbocycles. The first-order chi connectivity index (χ1) is 16.3. The van der Waals surface area contributed by atoms with Crippen molar-refractivity contribution in [2.45, 2.75) is 112 Å². The minimum absolute atomic E-state index is 0.212. The summed E-state index contributed by atoms with van der Waals surface area (Å²) in [7, 11) is 0. The fourth-order valence-corrected chi connectivity index (χ4v) is 10.1. The van der Waals surface area contributed by atoms with Crippen molar-refractivity contribution in [3.63, 3.8) is 0 Å². The monoisotopic (exact) mass is 462 g/mol. The fourth-order valence-electron chi connectivity index (χ4n) is 10.1. The molecule has 1 aromatic heterocycles. The number of hydrogen-bond acceptors (Lipinski definition) is 2. The van der Waals surface area contributed by atoms with E-state index in [0.717, 1.165) is 42.1 Å². The van der Waals surface area contributed by atoms with Crippen LogP contribution in [0.5, 0.6) is 0 Å². The highest BCUT2D eigenvalue weighted by Crippen LogP contribution is 2.71. The molecule has 0 spiro atoms. The smallest absolute Gasteiger partial charge is 0.157 e. The van der Waals surface area contributed by atoms with Gasteiger partial charge in [-0.15, -0.1) is 5.92 Å². The van der Waals surface area contributed by atoms with Crippen LogP contribution in [-0.4, -0.2) is 15.6 Å². The van der Waals surface area contributed by atoms with Gasteiger partial charge in [0.15, 0.2) is 5.78 Å². The van der Waals surface area contributed by atoms with Crippen molar-refractivity contribution in [1.29, 1.82) is 0 Å². The van der Waals surface area contributed by atoms with Gasteiger partial charge in [0.05, 0.1) is 18.3 Å². The molecule has 4 saturated carbocycles. The SMILES string of the molecule is CC#Cc1cnn(CC(=O)C2CCC3C4CCC5(C)CC(C)CCCC5(C)C4CCC23CC)c1. The average molecular weight is 463 g/mol. The second kappa shape index (κ2) is 8.83. The second-order valence-electron chi connectivity index (χ2n) is 13.1. The van der Waals surface area contributed by atoms with E-state index in [9.17, 15) is 4.79 Å². The molecule has 8 unspecified atom stereocenters. The van der Waals surface area contributed by atoms with Gasteiger partial charge >= 0.3 is 0 Å². The Hall–Kier alpha value is -1.56. The maximum absolute atomic E-state index is 13.7. The summed E-state index contributed by atoms with van der Waals surface area (Å²) in [4.78, 5) is 13.7. The van der Waals surface area contributed by atoms with Crippen LogP contribution in [-0.2, 0) is 11.3 Å². The van der Waals surface area contributed by atoms with Gasteiger partial charge < -0.3 is 0 Å². The maximum Gasteiger partial charge on any atom is 0.157 e. The number of hydrogen-bond donors (Lipinski definition) is 0. The van der Waals surface area contributed by atoms with E-state index in [2.05, 4.69) is 44.6 Å². The standard InChI is InChI=1S/C31H46N2O/c1-6-9-23-19-32-33(20-23)21-28(34)27-12-11-26-24-13-16-29(4)18-22(3)10-8-15-30(29,5)25(24)14-17-31(26,27)7-2/h19-20,22,24-27H,7-8,10-18,21H2,1-5H3. The van der Waals surface area contributed by atoms with Gasteiger partial charge in [0.1, 0.15) is 0 Å². The summed E-state index contributed by atoms with van der Waals surface area (Å²) in [5.41, 5.74) is 2.11. The zero-order chi connectivity index (χ0) is 24.1. The molecule has 4 aliphatic rings. The molecule has 1 aromatic rings. The van der Waals surface area contributed by atoms with E-state index in [1.165, 1.54) is 57.8 Å². The van der Waals surface area contributed by atoms with Gasteiger partial charge in [0.2, 0.25) is 0 Å². The molecular formula is C31H46N2O. The molecule has 8 atom stereocenters. The predicted octanol–water partition coefficient (Wildman–Crippen LogP) is 7.29. The lowest BCUT2D eigenvalue weighted by molar-refractivity contribution is -0.150. The van der Waals surface area contributed by atoms with Crippen molar-refractivity contribution in [2.24, 2.45) is 45.8 Å². The molecule has 0 bridgehead atoms. The van der Waals surface area contributed by atoms with Gasteiger partial charge in [-0.05, 0) is 105 Å². The van der Waals surface area contributed by atoms with Crippen LogP contribution in [0, 0.1) is 57.7 Å². The van der Waals surface area contributed by atoms with Crippen LogP contribution in [0.2, 0.25) is 0 Å². The number of fused-ring (bicyclic) bond motifs is 5. The molecule has 3 heteroatoms. The molecule has 0 radical (unpaired) electrons. The Kier molecular flexibility index (Phi) is 6.27. The molecule has 1 heterocycles. The molecule has 4 fully saturated rings. The number of aromatic nitrogens is 2. The van der Waals surface area contributed by atoms with E-state index < -0.39 is 0 Å². The van der Waals surface area contributed by atoms with Crippen molar-refractivity contribution in [3.8, 4) is 11.8 Å². The number of carbonyl (C=O) groups is 1. The van der Waals surface area contributed by atoms with Crippen molar-refractivity contribution >= 4 is 5.78 Å². The normalized spacial score (nSPS) is 43.6. The fraction of sp³-hybridized carbons (Fsp3) is 0.806. The zero-order valence-electron chi connectivity index (χ0n) is 22.3. The molecule has 0 amide bonds. The Morgan fingerprint density at radius 1 is 1.12 bits per heavy atom. The molecule has 5 rings (SSSR count). The van der Waals surface area contributed by atoms with E-state index in [1.807, 2.05) is 17.8 Å². The summed E-state index contributed by atoms with van der Waals surface area (Å²) in [6.45, 7) is 12.5. The number of carbonyl (C=O) groups excluding carboxylic acids is 1. The molecular weight excluding hydrogens is 416 g/mol. The predicted molar refractivity (Wildman–Crippen MR) is 138 cm³/mol. The zero-order valence-corrected chi connectivity index (χ0v) is 22.3. The van der Waals surface area contributed by atoms with Gasteiger partial charge in [-0.3, -0.25) is 9.48 Å². The van der Waals surface area contributed by atoms with Crippen molar-refractivity contribution in [1.82, 2.24) is 9.78 Å². The lowest BCUT2D eigenvalue weighted by atomic mass is 9.41. The van der Waals surface area contributed by atoms with Crippen LogP contribution in [0.4, 0.5) is 0 Å². The first-order valence-electron chi connectivity index (χ1n) is 14.2. The first kappa shape index (κ1) is 24.1. The van der Waals surface area contributed by atoms with Gasteiger partial charge in [-0.1, -0.05) is 46.5 Å². The molecule has 0 aromatic carbocycles. The van der Waals surface area contributed by atoms with Crippen LogP contribution >= 0.6 is 0 Å². The minimum atomic E-state index is 0.212. The van der Waals surface area contributed by atoms with Crippen LogP contribution in [0.1, 0.15) is 111 Å². The summed E-state index contributed by atoms with van der Waals surface area (Å²) < 4.78 is 1.82. The summed E-state index contributed by atoms with van der Waals surface area (Å²) in [6, 6.07) is 0. The Labute approximate surface area is 207 Å². The third-order valence-corrected chi connectivity index (χ3v) is 11.8. The average Bonchev–Trinajstić information content (AvgIpc) is 3.38. The van der Waals surface area contributed by atoms with Crippen molar-refractivity contribution in [3.05, 3.63) is 18.0 Å². The number of Topliss-reactive ketones (excluding diaryl/α,β-unsaturated/α-hetero) is 1. The Morgan fingerprint density at radius 2 is 1.94 bits per heavy atom. The quantitative estimate of drug-likeness (QED) is 0.440. The molecule has 34 heavy (non-hydrogen) atoms. The molecule has 186 valence electrons.